The van der Waals surface area contributed by atoms with Crippen molar-refractivity contribution in [1.82, 2.24) is 4.98 Å². The highest BCUT2D eigenvalue weighted by Gasteiger charge is 2.20. The normalized spacial score (nSPS) is 10.4. The summed E-state index contributed by atoms with van der Waals surface area (Å²) in [5.41, 5.74) is -1.41. The lowest BCUT2D eigenvalue weighted by Gasteiger charge is -2.11. The first-order valence-corrected chi connectivity index (χ1v) is 5.19. The van der Waals surface area contributed by atoms with Crippen LogP contribution >= 0.6 is 0 Å². The van der Waals surface area contributed by atoms with E-state index in [4.69, 9.17) is 5.11 Å². The molecule has 1 aromatic heterocycles. The Balaban J connectivity index is 2.52. The molecule has 0 spiro atoms. The van der Waals surface area contributed by atoms with Crippen molar-refractivity contribution < 1.29 is 27.5 Å². The van der Waals surface area contributed by atoms with Crippen LogP contribution in [0.3, 0.4) is 0 Å². The number of hydrogen-bond donors (Lipinski definition) is 2. The number of benzene rings is 1. The monoisotopic (exact) mass is 286 g/mol. The van der Waals surface area contributed by atoms with E-state index >= 15 is 0 Å². The molecule has 104 valence electrons. The summed E-state index contributed by atoms with van der Waals surface area (Å²) in [6.45, 7) is 0. The quantitative estimate of drug-likeness (QED) is 0.851. The molecule has 20 heavy (non-hydrogen) atoms. The summed E-state index contributed by atoms with van der Waals surface area (Å²) in [7, 11) is 0. The summed E-state index contributed by atoms with van der Waals surface area (Å²) in [6, 6.07) is 1.90. The van der Waals surface area contributed by atoms with Gasteiger partial charge in [-0.25, -0.2) is 27.3 Å². The minimum Gasteiger partial charge on any atom is -0.478 e. The maximum absolute atomic E-state index is 13.6. The highest BCUT2D eigenvalue weighted by molar-refractivity contribution is 5.95. The number of nitrogens with one attached hydrogen (secondary N) is 1. The topological polar surface area (TPSA) is 62.2 Å². The van der Waals surface area contributed by atoms with Gasteiger partial charge in [0.2, 0.25) is 0 Å². The summed E-state index contributed by atoms with van der Waals surface area (Å²) in [5, 5.41) is 10.9. The van der Waals surface area contributed by atoms with Crippen LogP contribution in [0.2, 0.25) is 0 Å². The van der Waals surface area contributed by atoms with Crippen LogP contribution < -0.4 is 5.32 Å². The Morgan fingerprint density at radius 3 is 2.45 bits per heavy atom. The Labute approximate surface area is 109 Å². The van der Waals surface area contributed by atoms with E-state index in [1.807, 2.05) is 5.32 Å². The van der Waals surface area contributed by atoms with Crippen molar-refractivity contribution in [3.8, 4) is 0 Å². The molecule has 0 amide bonds. The molecule has 0 fully saturated rings. The van der Waals surface area contributed by atoms with Gasteiger partial charge in [-0.3, -0.25) is 0 Å². The number of aromatic carboxylic acids is 1. The van der Waals surface area contributed by atoms with Crippen LogP contribution in [0.4, 0.5) is 29.1 Å². The highest BCUT2D eigenvalue weighted by Crippen LogP contribution is 2.26. The molecule has 1 heterocycles. The molecule has 2 N–H and O–H groups in total. The molecule has 0 saturated carbocycles. The minimum absolute atomic E-state index is 0.465. The van der Waals surface area contributed by atoms with Gasteiger partial charge in [-0.05, 0) is 12.1 Å². The molecule has 0 aliphatic carbocycles. The number of aromatic nitrogens is 1. The second kappa shape index (κ2) is 5.16. The highest BCUT2D eigenvalue weighted by atomic mass is 19.2. The van der Waals surface area contributed by atoms with Gasteiger partial charge >= 0.3 is 5.97 Å². The predicted octanol–water partition coefficient (Wildman–Crippen LogP) is 3.08. The maximum atomic E-state index is 13.6. The van der Waals surface area contributed by atoms with Crippen LogP contribution in [0.25, 0.3) is 0 Å². The summed E-state index contributed by atoms with van der Waals surface area (Å²) in [6.07, 6.45) is 0.642. The van der Waals surface area contributed by atoms with E-state index in [0.29, 0.717) is 18.3 Å². The molecule has 2 aromatic rings. The third-order valence-electron chi connectivity index (χ3n) is 2.38. The summed E-state index contributed by atoms with van der Waals surface area (Å²) < 4.78 is 52.8. The molecule has 2 rings (SSSR count). The summed E-state index contributed by atoms with van der Waals surface area (Å²) in [5.74, 6) is -7.14. The number of carboxylic acid groups (broad SMARTS) is 1. The molecule has 1 aromatic carbocycles. The lowest BCUT2D eigenvalue weighted by molar-refractivity contribution is 0.0697. The number of carboxylic acids is 1. The molecule has 8 heteroatoms. The van der Waals surface area contributed by atoms with Gasteiger partial charge in [0.05, 0.1) is 17.4 Å². The third kappa shape index (κ3) is 2.53. The van der Waals surface area contributed by atoms with Crippen LogP contribution in [-0.4, -0.2) is 16.1 Å². The van der Waals surface area contributed by atoms with Crippen molar-refractivity contribution in [2.24, 2.45) is 0 Å². The molecular weight excluding hydrogens is 280 g/mol. The lowest BCUT2D eigenvalue weighted by Crippen LogP contribution is -2.08. The number of hydrogen-bond acceptors (Lipinski definition) is 3. The summed E-state index contributed by atoms with van der Waals surface area (Å²) in [4.78, 5) is 14.2. The molecule has 0 unspecified atom stereocenters. The van der Waals surface area contributed by atoms with E-state index in [2.05, 4.69) is 4.98 Å². The fraction of sp³-hybridized carbons (Fsp3) is 0. The van der Waals surface area contributed by atoms with Crippen molar-refractivity contribution in [1.29, 1.82) is 0 Å². The number of carbonyl (C=O) groups is 1. The second-order valence-corrected chi connectivity index (χ2v) is 3.70. The van der Waals surface area contributed by atoms with E-state index in [0.717, 1.165) is 6.07 Å². The van der Waals surface area contributed by atoms with Crippen LogP contribution in [0.15, 0.2) is 24.4 Å². The van der Waals surface area contributed by atoms with Gasteiger partial charge in [0, 0.05) is 6.07 Å². The predicted molar refractivity (Wildman–Crippen MR) is 60.8 cm³/mol. The van der Waals surface area contributed by atoms with Crippen LogP contribution in [-0.2, 0) is 0 Å². The minimum atomic E-state index is -1.55. The van der Waals surface area contributed by atoms with Gasteiger partial charge in [-0.1, -0.05) is 0 Å². The van der Waals surface area contributed by atoms with Crippen LogP contribution in [0.1, 0.15) is 10.4 Å². The van der Waals surface area contributed by atoms with Gasteiger partial charge in [0.25, 0.3) is 0 Å². The Morgan fingerprint density at radius 1 is 1.15 bits per heavy atom. The molecule has 0 saturated heterocycles. The van der Waals surface area contributed by atoms with Crippen molar-refractivity contribution in [3.05, 3.63) is 53.2 Å². The zero-order chi connectivity index (χ0) is 14.9. The fourth-order valence-corrected chi connectivity index (χ4v) is 1.48. The van der Waals surface area contributed by atoms with Crippen molar-refractivity contribution in [3.63, 3.8) is 0 Å². The van der Waals surface area contributed by atoms with Gasteiger partial charge in [0.1, 0.15) is 5.82 Å². The third-order valence-corrected chi connectivity index (χ3v) is 2.38. The van der Waals surface area contributed by atoms with Crippen LogP contribution in [0.5, 0.6) is 0 Å². The first kappa shape index (κ1) is 13.8. The Hall–Kier alpha value is -2.64. The van der Waals surface area contributed by atoms with Gasteiger partial charge in [-0.2, -0.15) is 0 Å². The fourth-order valence-electron chi connectivity index (χ4n) is 1.48. The van der Waals surface area contributed by atoms with Crippen molar-refractivity contribution in [2.75, 3.05) is 5.32 Å². The van der Waals surface area contributed by atoms with Crippen molar-refractivity contribution >= 4 is 17.5 Å². The van der Waals surface area contributed by atoms with E-state index < -0.39 is 46.3 Å². The zero-order valence-electron chi connectivity index (χ0n) is 9.62. The van der Waals surface area contributed by atoms with E-state index in [1.54, 1.807) is 0 Å². The molecule has 0 radical (unpaired) electrons. The number of nitrogens with zero attached hydrogens (tertiary/aromatic N) is 1. The van der Waals surface area contributed by atoms with E-state index in [9.17, 15) is 22.4 Å². The maximum Gasteiger partial charge on any atom is 0.337 e. The van der Waals surface area contributed by atoms with E-state index in [1.165, 1.54) is 0 Å². The van der Waals surface area contributed by atoms with E-state index in [-0.39, 0.29) is 0 Å². The Bertz CT molecular complexity index is 691. The number of anilines is 2. The first-order chi connectivity index (χ1) is 9.40. The molecule has 0 bridgehead atoms. The first-order valence-electron chi connectivity index (χ1n) is 5.19. The molecule has 0 aliphatic heterocycles. The largest absolute Gasteiger partial charge is 0.478 e. The standard InChI is InChI=1S/C12H6F4N2O2/c13-5-3-8(15)11(17-4-5)18-10-6(12(19)20)1-2-7(14)9(10)16/h1-4H,(H,17,18)(H,19,20). The zero-order valence-corrected chi connectivity index (χ0v) is 9.62. The number of rotatable bonds is 3. The number of pyridine rings is 1. The SMILES string of the molecule is O=C(O)c1ccc(F)c(F)c1Nc1ncc(F)cc1F. The van der Waals surface area contributed by atoms with Crippen LogP contribution in [0, 0.1) is 23.3 Å². The lowest BCUT2D eigenvalue weighted by atomic mass is 10.1. The Morgan fingerprint density at radius 2 is 1.85 bits per heavy atom. The second-order valence-electron chi connectivity index (χ2n) is 3.70. The molecule has 0 aliphatic rings. The number of halogens is 4. The molecule has 4 nitrogen and oxygen atoms in total. The smallest absolute Gasteiger partial charge is 0.337 e. The molecule has 0 atom stereocenters. The van der Waals surface area contributed by atoms with Gasteiger partial charge < -0.3 is 10.4 Å². The Kier molecular flexibility index (Phi) is 3.55. The summed E-state index contributed by atoms with van der Waals surface area (Å²) >= 11 is 0. The molecular formula is C12H6F4N2O2. The van der Waals surface area contributed by atoms with Crippen molar-refractivity contribution in [2.45, 2.75) is 0 Å². The van der Waals surface area contributed by atoms with Gasteiger partial charge in [0.15, 0.2) is 23.3 Å². The average molecular weight is 286 g/mol. The average Bonchev–Trinajstić information content (AvgIpc) is 2.37. The van der Waals surface area contributed by atoms with Gasteiger partial charge in [-0.15, -0.1) is 0 Å².